The molecule has 0 heterocycles. The Morgan fingerprint density at radius 1 is 1.35 bits per heavy atom. The van der Waals surface area contributed by atoms with Crippen LogP contribution >= 0.6 is 0 Å². The first-order valence-corrected chi connectivity index (χ1v) is 6.58. The molecule has 1 saturated carbocycles. The quantitative estimate of drug-likeness (QED) is 0.781. The monoisotopic (exact) mass is 233 g/mol. The van der Waals surface area contributed by atoms with E-state index in [9.17, 15) is 0 Å². The number of rotatable bonds is 7. The van der Waals surface area contributed by atoms with Crippen LogP contribution in [0.1, 0.15) is 24.0 Å². The van der Waals surface area contributed by atoms with E-state index in [0.717, 1.165) is 25.5 Å². The number of hydrogen-bond donors (Lipinski definition) is 1. The van der Waals surface area contributed by atoms with Crippen molar-refractivity contribution in [2.24, 2.45) is 5.92 Å². The van der Waals surface area contributed by atoms with Crippen LogP contribution in [0.4, 0.5) is 0 Å². The average molecular weight is 233 g/mol. The molecule has 1 aliphatic rings. The number of nitrogens with one attached hydrogen (secondary N) is 1. The number of hydrogen-bond acceptors (Lipinski definition) is 2. The molecular weight excluding hydrogens is 210 g/mol. The van der Waals surface area contributed by atoms with Gasteiger partial charge in [0.1, 0.15) is 0 Å². The molecule has 1 atom stereocenters. The molecule has 1 fully saturated rings. The fraction of sp³-hybridized carbons (Fsp3) is 0.600. The van der Waals surface area contributed by atoms with Gasteiger partial charge in [0.2, 0.25) is 0 Å². The number of benzene rings is 1. The third-order valence-electron chi connectivity index (χ3n) is 3.60. The van der Waals surface area contributed by atoms with Crippen LogP contribution in [0.25, 0.3) is 0 Å². The second-order valence-electron chi connectivity index (χ2n) is 5.03. The summed E-state index contributed by atoms with van der Waals surface area (Å²) in [6.45, 7) is 4.08. The summed E-state index contributed by atoms with van der Waals surface area (Å²) in [5.41, 5.74) is 2.84. The van der Waals surface area contributed by atoms with Gasteiger partial charge < -0.3 is 10.1 Å². The molecule has 0 amide bonds. The Kier molecular flexibility index (Phi) is 4.57. The lowest BCUT2D eigenvalue weighted by molar-refractivity contribution is 0.158. The largest absolute Gasteiger partial charge is 0.383 e. The van der Waals surface area contributed by atoms with Crippen molar-refractivity contribution in [3.05, 3.63) is 35.4 Å². The first kappa shape index (κ1) is 12.6. The molecule has 1 N–H and O–H groups in total. The minimum absolute atomic E-state index is 0.559. The van der Waals surface area contributed by atoms with Gasteiger partial charge in [-0.05, 0) is 49.8 Å². The van der Waals surface area contributed by atoms with E-state index < -0.39 is 0 Å². The molecule has 0 spiro atoms. The van der Waals surface area contributed by atoms with Gasteiger partial charge in [0.05, 0.1) is 6.61 Å². The van der Waals surface area contributed by atoms with Crippen molar-refractivity contribution >= 4 is 0 Å². The normalized spacial score (nSPS) is 17.1. The second-order valence-corrected chi connectivity index (χ2v) is 5.03. The fourth-order valence-corrected chi connectivity index (χ4v) is 2.32. The maximum Gasteiger partial charge on any atom is 0.0618 e. The first-order chi connectivity index (χ1) is 8.31. The van der Waals surface area contributed by atoms with Crippen LogP contribution in [0.15, 0.2) is 24.3 Å². The van der Waals surface area contributed by atoms with E-state index in [1.807, 2.05) is 0 Å². The molecule has 1 aromatic rings. The zero-order valence-corrected chi connectivity index (χ0v) is 10.9. The molecular formula is C15H23NO. The van der Waals surface area contributed by atoms with Gasteiger partial charge in [0.25, 0.3) is 0 Å². The minimum atomic E-state index is 0.559. The lowest BCUT2D eigenvalue weighted by Gasteiger charge is -2.17. The van der Waals surface area contributed by atoms with Gasteiger partial charge in [-0.25, -0.2) is 0 Å². The summed E-state index contributed by atoms with van der Waals surface area (Å²) in [4.78, 5) is 0. The molecule has 2 rings (SSSR count). The van der Waals surface area contributed by atoms with Gasteiger partial charge in [-0.2, -0.15) is 0 Å². The van der Waals surface area contributed by atoms with Crippen LogP contribution in [0.3, 0.4) is 0 Å². The van der Waals surface area contributed by atoms with Crippen LogP contribution in [0.5, 0.6) is 0 Å². The number of ether oxygens (including phenoxy) is 1. The van der Waals surface area contributed by atoms with Crippen molar-refractivity contribution in [2.75, 3.05) is 20.3 Å². The Morgan fingerprint density at radius 2 is 2.12 bits per heavy atom. The highest BCUT2D eigenvalue weighted by Gasteiger charge is 2.30. The maximum absolute atomic E-state index is 5.27. The average Bonchev–Trinajstić information content (AvgIpc) is 3.14. The highest BCUT2D eigenvalue weighted by atomic mass is 16.5. The lowest BCUT2D eigenvalue weighted by atomic mass is 10.1. The van der Waals surface area contributed by atoms with E-state index in [1.54, 1.807) is 7.11 Å². The van der Waals surface area contributed by atoms with E-state index in [4.69, 9.17) is 4.74 Å². The summed E-state index contributed by atoms with van der Waals surface area (Å²) >= 11 is 0. The molecule has 1 aliphatic carbocycles. The van der Waals surface area contributed by atoms with Crippen molar-refractivity contribution in [3.8, 4) is 0 Å². The molecule has 0 bridgehead atoms. The van der Waals surface area contributed by atoms with Gasteiger partial charge in [-0.3, -0.25) is 0 Å². The van der Waals surface area contributed by atoms with Crippen LogP contribution in [-0.4, -0.2) is 26.3 Å². The topological polar surface area (TPSA) is 21.3 Å². The third-order valence-corrected chi connectivity index (χ3v) is 3.60. The zero-order chi connectivity index (χ0) is 12.1. The summed E-state index contributed by atoms with van der Waals surface area (Å²) in [6.07, 6.45) is 3.84. The van der Waals surface area contributed by atoms with Gasteiger partial charge in [-0.1, -0.05) is 24.3 Å². The van der Waals surface area contributed by atoms with E-state index in [1.165, 1.54) is 24.0 Å². The minimum Gasteiger partial charge on any atom is -0.383 e. The SMILES string of the molecule is COCC(NCCc1ccccc1C)C1CC1. The predicted molar refractivity (Wildman–Crippen MR) is 71.3 cm³/mol. The first-order valence-electron chi connectivity index (χ1n) is 6.58. The van der Waals surface area contributed by atoms with Crippen LogP contribution < -0.4 is 5.32 Å². The molecule has 2 nitrogen and oxygen atoms in total. The maximum atomic E-state index is 5.27. The Balaban J connectivity index is 1.76. The molecule has 0 aromatic heterocycles. The van der Waals surface area contributed by atoms with E-state index >= 15 is 0 Å². The fourth-order valence-electron chi connectivity index (χ4n) is 2.32. The van der Waals surface area contributed by atoms with Gasteiger partial charge in [-0.15, -0.1) is 0 Å². The smallest absolute Gasteiger partial charge is 0.0618 e. The Hall–Kier alpha value is -0.860. The predicted octanol–water partition coefficient (Wildman–Crippen LogP) is 2.55. The zero-order valence-electron chi connectivity index (χ0n) is 10.9. The van der Waals surface area contributed by atoms with Crippen molar-refractivity contribution in [3.63, 3.8) is 0 Å². The Morgan fingerprint density at radius 3 is 2.76 bits per heavy atom. The lowest BCUT2D eigenvalue weighted by Crippen LogP contribution is -2.36. The van der Waals surface area contributed by atoms with Crippen LogP contribution in [0, 0.1) is 12.8 Å². The summed E-state index contributed by atoms with van der Waals surface area (Å²) < 4.78 is 5.27. The molecule has 1 unspecified atom stereocenters. The van der Waals surface area contributed by atoms with Gasteiger partial charge >= 0.3 is 0 Å². The van der Waals surface area contributed by atoms with Crippen molar-refractivity contribution in [1.29, 1.82) is 0 Å². The molecule has 1 aromatic carbocycles. The standard InChI is InChI=1S/C15H23NO/c1-12-5-3-4-6-13(12)9-10-16-15(11-17-2)14-7-8-14/h3-6,14-16H,7-11H2,1-2H3. The van der Waals surface area contributed by atoms with Gasteiger partial charge in [0, 0.05) is 13.2 Å². The summed E-state index contributed by atoms with van der Waals surface area (Å²) in [5, 5.41) is 3.63. The Labute approximate surface area is 104 Å². The van der Waals surface area contributed by atoms with Crippen LogP contribution in [0.2, 0.25) is 0 Å². The Bertz CT molecular complexity index is 347. The van der Waals surface area contributed by atoms with E-state index in [2.05, 4.69) is 36.5 Å². The summed E-state index contributed by atoms with van der Waals surface area (Å²) in [6, 6.07) is 9.19. The number of aryl methyl sites for hydroxylation is 1. The highest BCUT2D eigenvalue weighted by molar-refractivity contribution is 5.25. The molecule has 0 saturated heterocycles. The molecule has 17 heavy (non-hydrogen) atoms. The summed E-state index contributed by atoms with van der Waals surface area (Å²) in [7, 11) is 1.79. The molecule has 2 heteroatoms. The van der Waals surface area contributed by atoms with Crippen LogP contribution in [-0.2, 0) is 11.2 Å². The number of methoxy groups -OCH3 is 1. The van der Waals surface area contributed by atoms with Gasteiger partial charge in [0.15, 0.2) is 0 Å². The summed E-state index contributed by atoms with van der Waals surface area (Å²) in [5.74, 6) is 0.854. The molecule has 94 valence electrons. The second kappa shape index (κ2) is 6.18. The van der Waals surface area contributed by atoms with Crippen molar-refractivity contribution in [2.45, 2.75) is 32.2 Å². The third kappa shape index (κ3) is 3.83. The van der Waals surface area contributed by atoms with E-state index in [0.29, 0.717) is 6.04 Å². The molecule has 0 radical (unpaired) electrons. The highest BCUT2D eigenvalue weighted by Crippen LogP contribution is 2.32. The van der Waals surface area contributed by atoms with Crippen molar-refractivity contribution < 1.29 is 4.74 Å². The molecule has 0 aliphatic heterocycles. The van der Waals surface area contributed by atoms with E-state index in [-0.39, 0.29) is 0 Å². The van der Waals surface area contributed by atoms with Crippen molar-refractivity contribution in [1.82, 2.24) is 5.32 Å².